The third kappa shape index (κ3) is 12.0. The van der Waals surface area contributed by atoms with Crippen LogP contribution in [0.3, 0.4) is 0 Å². The molecule has 58 heavy (non-hydrogen) atoms. The lowest BCUT2D eigenvalue weighted by Gasteiger charge is -2.21. The average Bonchev–Trinajstić information content (AvgIpc) is 3.26. The zero-order valence-corrected chi connectivity index (χ0v) is 32.1. The minimum absolute atomic E-state index is 0.185. The van der Waals surface area contributed by atoms with Gasteiger partial charge in [-0.25, -0.2) is 0 Å². The Morgan fingerprint density at radius 3 is 1.19 bits per heavy atom. The first kappa shape index (κ1) is 39.2. The molecule has 6 heterocycles. The Balaban J connectivity index is 0.865. The van der Waals surface area contributed by atoms with Gasteiger partial charge in [-0.15, -0.1) is 0 Å². The first-order valence-electron chi connectivity index (χ1n) is 19.1. The van der Waals surface area contributed by atoms with E-state index in [1.54, 1.807) is 49.3 Å². The van der Waals surface area contributed by atoms with E-state index in [0.29, 0.717) is 69.0 Å². The topological polar surface area (TPSA) is 142 Å². The first-order chi connectivity index (χ1) is 28.5. The summed E-state index contributed by atoms with van der Waals surface area (Å²) in [5.74, 6) is -0.429. The van der Waals surface area contributed by atoms with Gasteiger partial charge in [0, 0.05) is 88.7 Å². The van der Waals surface area contributed by atoms with Gasteiger partial charge in [0.1, 0.15) is 0 Å². The monoisotopic (exact) mass is 768 g/mol. The summed E-state index contributed by atoms with van der Waals surface area (Å²) in [7, 11) is 0. The fourth-order valence-corrected chi connectivity index (χ4v) is 6.36. The van der Waals surface area contributed by atoms with Crippen LogP contribution in [0, 0.1) is 0 Å². The summed E-state index contributed by atoms with van der Waals surface area (Å²) in [6.45, 7) is 4.16. The quantitative estimate of drug-likeness (QED) is 0.0971. The highest BCUT2D eigenvalue weighted by Gasteiger charge is 2.14. The molecule has 290 valence electrons. The second-order valence-corrected chi connectivity index (χ2v) is 13.8. The van der Waals surface area contributed by atoms with Crippen LogP contribution in [0.15, 0.2) is 159 Å². The molecule has 0 unspecified atom stereocenters. The molecule has 0 saturated carbocycles. The molecule has 7 rings (SSSR count). The maximum Gasteiger partial charge on any atom is 0.257 e. The summed E-state index contributed by atoms with van der Waals surface area (Å²) in [5.41, 5.74) is 8.18. The molecule has 2 N–H and O–H groups in total. The van der Waals surface area contributed by atoms with Crippen molar-refractivity contribution in [3.05, 3.63) is 209 Å². The number of carbonyl (C=O) groups is 2. The fourth-order valence-electron chi connectivity index (χ4n) is 6.36. The van der Waals surface area contributed by atoms with E-state index in [9.17, 15) is 9.59 Å². The molecule has 0 saturated heterocycles. The zero-order valence-electron chi connectivity index (χ0n) is 32.1. The van der Waals surface area contributed by atoms with Crippen LogP contribution in [0.25, 0.3) is 0 Å². The van der Waals surface area contributed by atoms with Gasteiger partial charge >= 0.3 is 0 Å². The lowest BCUT2D eigenvalue weighted by Crippen LogP contribution is -2.26. The number of carbonyl (C=O) groups excluding carboxylic acids is 2. The highest BCUT2D eigenvalue weighted by molar-refractivity contribution is 6.04. The smallest absolute Gasteiger partial charge is 0.257 e. The summed E-state index contributed by atoms with van der Waals surface area (Å²) >= 11 is 0. The fraction of sp³-hybridized carbons (Fsp3) is 0.174. The minimum atomic E-state index is -0.244. The summed E-state index contributed by atoms with van der Waals surface area (Å²) in [6, 6.07) is 38.5. The van der Waals surface area contributed by atoms with E-state index in [1.165, 1.54) is 0 Å². The summed E-state index contributed by atoms with van der Waals surface area (Å²) in [5, 5.41) is 5.94. The van der Waals surface area contributed by atoms with Crippen LogP contribution in [-0.4, -0.2) is 58.1 Å². The Morgan fingerprint density at radius 1 is 0.431 bits per heavy atom. The predicted molar refractivity (Wildman–Crippen MR) is 222 cm³/mol. The van der Waals surface area contributed by atoms with Crippen LogP contribution in [0.5, 0.6) is 0 Å². The Kier molecular flexibility index (Phi) is 13.7. The zero-order chi connectivity index (χ0) is 39.8. The SMILES string of the molecule is O=C(NCCc1ccc(NC(=O)c2ccc(CN(Cc3ccccn3)Cc3ccccn3)nc2)cc1)c1ccc(CN(Cc2ccccn2)Cc2ccccn2)nc1. The minimum Gasteiger partial charge on any atom is -0.352 e. The van der Waals surface area contributed by atoms with Crippen LogP contribution in [0.4, 0.5) is 5.69 Å². The van der Waals surface area contributed by atoms with Gasteiger partial charge in [-0.2, -0.15) is 0 Å². The van der Waals surface area contributed by atoms with Crippen LogP contribution in [0.1, 0.15) is 60.4 Å². The number of hydrogen-bond donors (Lipinski definition) is 2. The van der Waals surface area contributed by atoms with Crippen molar-refractivity contribution < 1.29 is 9.59 Å². The summed E-state index contributed by atoms with van der Waals surface area (Å²) in [4.78, 5) is 57.6. The highest BCUT2D eigenvalue weighted by Crippen LogP contribution is 2.16. The molecule has 0 spiro atoms. The third-order valence-corrected chi connectivity index (χ3v) is 9.30. The Hall–Kier alpha value is -7.02. The first-order valence-corrected chi connectivity index (χ1v) is 19.1. The number of hydrogen-bond acceptors (Lipinski definition) is 10. The van der Waals surface area contributed by atoms with E-state index >= 15 is 0 Å². The molecule has 1 aromatic carbocycles. The number of aromatic nitrogens is 6. The molecule has 0 aliphatic rings. The van der Waals surface area contributed by atoms with Crippen molar-refractivity contribution in [3.63, 3.8) is 0 Å². The molecule has 6 aromatic heterocycles. The van der Waals surface area contributed by atoms with Crippen molar-refractivity contribution >= 4 is 17.5 Å². The maximum absolute atomic E-state index is 13.1. The second kappa shape index (κ2) is 20.2. The van der Waals surface area contributed by atoms with Gasteiger partial charge in [0.25, 0.3) is 11.8 Å². The number of pyridine rings is 6. The second-order valence-electron chi connectivity index (χ2n) is 13.8. The van der Waals surface area contributed by atoms with Gasteiger partial charge in [0.15, 0.2) is 0 Å². The van der Waals surface area contributed by atoms with E-state index in [0.717, 1.165) is 39.7 Å². The molecule has 2 amide bonds. The van der Waals surface area contributed by atoms with Crippen LogP contribution in [0.2, 0.25) is 0 Å². The number of benzene rings is 1. The van der Waals surface area contributed by atoms with Crippen molar-refractivity contribution in [1.82, 2.24) is 45.0 Å². The molecule has 0 bridgehead atoms. The summed E-state index contributed by atoms with van der Waals surface area (Å²) < 4.78 is 0. The third-order valence-electron chi connectivity index (χ3n) is 9.30. The molecule has 0 atom stereocenters. The molecular weight excluding hydrogens is 725 g/mol. The Morgan fingerprint density at radius 2 is 0.828 bits per heavy atom. The van der Waals surface area contributed by atoms with E-state index in [2.05, 4.69) is 50.3 Å². The molecule has 0 fully saturated rings. The lowest BCUT2D eigenvalue weighted by molar-refractivity contribution is 0.0952. The van der Waals surface area contributed by atoms with Crippen LogP contribution in [-0.2, 0) is 45.7 Å². The number of nitrogens with one attached hydrogen (secondary N) is 2. The molecular formula is C46H44N10O2. The van der Waals surface area contributed by atoms with Crippen molar-refractivity contribution in [3.8, 4) is 0 Å². The predicted octanol–water partition coefficient (Wildman–Crippen LogP) is 6.69. The molecule has 0 radical (unpaired) electrons. The molecule has 0 aliphatic carbocycles. The normalized spacial score (nSPS) is 11.1. The van der Waals surface area contributed by atoms with Crippen LogP contribution < -0.4 is 10.6 Å². The number of anilines is 1. The number of nitrogens with zero attached hydrogens (tertiary/aromatic N) is 8. The standard InChI is InChI=1S/C46H44N10O2/c57-45(36-15-19-43(52-27-36)33-55(29-39-9-1-5-22-47-39)30-40-10-2-6-23-48-40)51-26-21-35-13-17-38(18-14-35)54-46(58)37-16-20-44(53-28-37)34-56(31-41-11-3-7-24-49-41)32-42-12-4-8-25-50-42/h1-20,22-25,27-28H,21,26,29-34H2,(H,51,57)(H,54,58). The Bertz CT molecular complexity index is 2230. The van der Waals surface area contributed by atoms with Gasteiger partial charge < -0.3 is 10.6 Å². The van der Waals surface area contributed by atoms with Crippen molar-refractivity contribution in [1.29, 1.82) is 0 Å². The van der Waals surface area contributed by atoms with Crippen molar-refractivity contribution in [2.45, 2.75) is 45.7 Å². The van der Waals surface area contributed by atoms with Gasteiger partial charge in [-0.1, -0.05) is 36.4 Å². The number of rotatable bonds is 18. The van der Waals surface area contributed by atoms with Crippen molar-refractivity contribution in [2.75, 3.05) is 11.9 Å². The average molecular weight is 769 g/mol. The van der Waals surface area contributed by atoms with Crippen LogP contribution >= 0.6 is 0 Å². The largest absolute Gasteiger partial charge is 0.352 e. The summed E-state index contributed by atoms with van der Waals surface area (Å²) in [6.07, 6.45) is 11.0. The molecule has 0 aliphatic heterocycles. The molecule has 12 nitrogen and oxygen atoms in total. The van der Waals surface area contributed by atoms with Gasteiger partial charge in [0.2, 0.25) is 0 Å². The van der Waals surface area contributed by atoms with E-state index < -0.39 is 0 Å². The molecule has 12 heteroatoms. The van der Waals surface area contributed by atoms with E-state index in [1.807, 2.05) is 109 Å². The maximum atomic E-state index is 13.1. The van der Waals surface area contributed by atoms with Gasteiger partial charge in [0.05, 0.1) is 45.3 Å². The van der Waals surface area contributed by atoms with E-state index in [4.69, 9.17) is 0 Å². The molecule has 7 aromatic rings. The lowest BCUT2D eigenvalue weighted by atomic mass is 10.1. The van der Waals surface area contributed by atoms with Gasteiger partial charge in [-0.3, -0.25) is 49.3 Å². The highest BCUT2D eigenvalue weighted by atomic mass is 16.2. The van der Waals surface area contributed by atoms with Gasteiger partial charge in [-0.05, 0) is 96.9 Å². The van der Waals surface area contributed by atoms with Crippen molar-refractivity contribution in [2.24, 2.45) is 0 Å². The van der Waals surface area contributed by atoms with E-state index in [-0.39, 0.29) is 11.8 Å². The number of amides is 2. The Labute approximate surface area is 338 Å².